The van der Waals surface area contributed by atoms with Gasteiger partial charge in [-0.15, -0.1) is 0 Å². The molecule has 2 fully saturated rings. The van der Waals surface area contributed by atoms with Gasteiger partial charge in [-0.25, -0.2) is 0 Å². The highest BCUT2D eigenvalue weighted by molar-refractivity contribution is 9.11. The quantitative estimate of drug-likeness (QED) is 0.815. The van der Waals surface area contributed by atoms with Gasteiger partial charge in [0.25, 0.3) is 0 Å². The second kappa shape index (κ2) is 6.24. The molecule has 5 heteroatoms. The van der Waals surface area contributed by atoms with Crippen molar-refractivity contribution in [2.45, 2.75) is 37.8 Å². The summed E-state index contributed by atoms with van der Waals surface area (Å²) in [5.41, 5.74) is 1.13. The number of nitrogens with one attached hydrogen (secondary N) is 1. The van der Waals surface area contributed by atoms with Gasteiger partial charge in [0.05, 0.1) is 17.3 Å². The maximum atomic E-state index is 5.38. The van der Waals surface area contributed by atoms with Crippen LogP contribution in [-0.2, 0) is 0 Å². The van der Waals surface area contributed by atoms with Crippen molar-refractivity contribution in [2.24, 2.45) is 0 Å². The van der Waals surface area contributed by atoms with Crippen LogP contribution in [-0.4, -0.2) is 37.2 Å². The van der Waals surface area contributed by atoms with Crippen molar-refractivity contribution in [3.05, 3.63) is 21.1 Å². The molecule has 2 aliphatic rings. The van der Waals surface area contributed by atoms with E-state index in [9.17, 15) is 0 Å². The van der Waals surface area contributed by atoms with Gasteiger partial charge in [-0.3, -0.25) is 0 Å². The molecule has 0 amide bonds. The monoisotopic (exact) mass is 402 g/mol. The molecule has 2 unspecified atom stereocenters. The number of hydrogen-bond donors (Lipinski definition) is 1. The minimum atomic E-state index is 0.566. The molecule has 2 aliphatic heterocycles. The Hall–Kier alpha value is -0.260. The predicted molar refractivity (Wildman–Crippen MR) is 89.6 cm³/mol. The third-order valence-electron chi connectivity index (χ3n) is 4.42. The number of nitrogens with zero attached hydrogens (tertiary/aromatic N) is 1. The van der Waals surface area contributed by atoms with E-state index in [-0.39, 0.29) is 0 Å². The zero-order valence-electron chi connectivity index (χ0n) is 11.7. The van der Waals surface area contributed by atoms with Crippen molar-refractivity contribution in [1.29, 1.82) is 0 Å². The Kier molecular flexibility index (Phi) is 4.58. The van der Waals surface area contributed by atoms with E-state index < -0.39 is 0 Å². The first kappa shape index (κ1) is 14.7. The van der Waals surface area contributed by atoms with Crippen molar-refractivity contribution >= 4 is 37.5 Å². The molecular weight excluding hydrogens is 384 g/mol. The fourth-order valence-corrected chi connectivity index (χ4v) is 4.64. The average Bonchev–Trinajstić information content (AvgIpc) is 2.89. The molecule has 0 aromatic heterocycles. The van der Waals surface area contributed by atoms with E-state index in [1.54, 1.807) is 7.11 Å². The zero-order valence-corrected chi connectivity index (χ0v) is 14.8. The number of anilines is 1. The molecule has 1 aromatic carbocycles. The fourth-order valence-electron chi connectivity index (χ4n) is 3.37. The molecule has 2 saturated heterocycles. The van der Waals surface area contributed by atoms with Crippen LogP contribution in [0, 0.1) is 0 Å². The lowest BCUT2D eigenvalue weighted by Crippen LogP contribution is -2.42. The van der Waals surface area contributed by atoms with E-state index in [2.05, 4.69) is 48.1 Å². The standard InChI is InChI=1S/C15H20Br2N2O/c1-20-15-9-14(12(16)8-13(15)17)18-10-4-6-19-5-2-3-11(19)7-10/h8-11,18H,2-7H2,1H3. The summed E-state index contributed by atoms with van der Waals surface area (Å²) in [7, 11) is 1.70. The van der Waals surface area contributed by atoms with Crippen LogP contribution in [0.2, 0.25) is 0 Å². The maximum Gasteiger partial charge on any atom is 0.135 e. The summed E-state index contributed by atoms with van der Waals surface area (Å²) in [6.07, 6.45) is 5.21. The molecule has 2 atom stereocenters. The van der Waals surface area contributed by atoms with Gasteiger partial charge in [0.2, 0.25) is 0 Å². The fraction of sp³-hybridized carbons (Fsp3) is 0.600. The number of hydrogen-bond acceptors (Lipinski definition) is 3. The van der Waals surface area contributed by atoms with Crippen LogP contribution in [0.5, 0.6) is 5.75 Å². The number of rotatable bonds is 3. The molecule has 1 aromatic rings. The van der Waals surface area contributed by atoms with Gasteiger partial charge in [0.1, 0.15) is 5.75 Å². The Morgan fingerprint density at radius 3 is 2.85 bits per heavy atom. The summed E-state index contributed by atoms with van der Waals surface area (Å²) < 4.78 is 7.44. The maximum absolute atomic E-state index is 5.38. The van der Waals surface area contributed by atoms with Crippen molar-refractivity contribution in [2.75, 3.05) is 25.5 Å². The van der Waals surface area contributed by atoms with Crippen LogP contribution < -0.4 is 10.1 Å². The highest BCUT2D eigenvalue weighted by atomic mass is 79.9. The van der Waals surface area contributed by atoms with Crippen molar-refractivity contribution < 1.29 is 4.74 Å². The molecule has 0 spiro atoms. The molecule has 0 aliphatic carbocycles. The van der Waals surface area contributed by atoms with Gasteiger partial charge < -0.3 is 15.0 Å². The number of piperidine rings is 1. The lowest BCUT2D eigenvalue weighted by Gasteiger charge is -2.35. The summed E-state index contributed by atoms with van der Waals surface area (Å²) >= 11 is 7.15. The Morgan fingerprint density at radius 2 is 2.05 bits per heavy atom. The molecular formula is C15H20Br2N2O. The Bertz CT molecular complexity index is 495. The van der Waals surface area contributed by atoms with Gasteiger partial charge in [-0.2, -0.15) is 0 Å². The molecule has 1 N–H and O–H groups in total. The molecule has 2 heterocycles. The van der Waals surface area contributed by atoms with Crippen LogP contribution in [0.4, 0.5) is 5.69 Å². The molecule has 20 heavy (non-hydrogen) atoms. The van der Waals surface area contributed by atoms with Crippen LogP contribution >= 0.6 is 31.9 Å². The molecule has 110 valence electrons. The second-order valence-electron chi connectivity index (χ2n) is 5.66. The van der Waals surface area contributed by atoms with Gasteiger partial charge in [0, 0.05) is 29.2 Å². The Balaban J connectivity index is 1.71. The van der Waals surface area contributed by atoms with Crippen LogP contribution in [0.3, 0.4) is 0 Å². The van der Waals surface area contributed by atoms with Crippen LogP contribution in [0.15, 0.2) is 21.1 Å². The van der Waals surface area contributed by atoms with Gasteiger partial charge in [0.15, 0.2) is 0 Å². The van der Waals surface area contributed by atoms with E-state index in [1.165, 1.54) is 38.8 Å². The number of fused-ring (bicyclic) bond motifs is 1. The summed E-state index contributed by atoms with van der Waals surface area (Å²) in [5, 5.41) is 3.69. The first-order valence-electron chi connectivity index (χ1n) is 7.21. The largest absolute Gasteiger partial charge is 0.495 e. The average molecular weight is 404 g/mol. The zero-order chi connectivity index (χ0) is 14.1. The van der Waals surface area contributed by atoms with Gasteiger partial charge >= 0.3 is 0 Å². The number of methoxy groups -OCH3 is 1. The normalized spacial score (nSPS) is 26.4. The second-order valence-corrected chi connectivity index (χ2v) is 7.37. The lowest BCUT2D eigenvalue weighted by molar-refractivity contribution is 0.188. The van der Waals surface area contributed by atoms with E-state index in [1.807, 2.05) is 6.07 Å². The highest BCUT2D eigenvalue weighted by Gasteiger charge is 2.31. The first-order valence-corrected chi connectivity index (χ1v) is 8.79. The van der Waals surface area contributed by atoms with E-state index in [4.69, 9.17) is 4.74 Å². The van der Waals surface area contributed by atoms with Gasteiger partial charge in [-0.05, 0) is 70.2 Å². The first-order chi connectivity index (χ1) is 9.67. The predicted octanol–water partition coefficient (Wildman–Crippen LogP) is 4.26. The lowest BCUT2D eigenvalue weighted by atomic mass is 9.97. The Labute approximate surface area is 137 Å². The molecule has 0 bridgehead atoms. The number of benzene rings is 1. The minimum Gasteiger partial charge on any atom is -0.495 e. The van der Waals surface area contributed by atoms with Crippen LogP contribution in [0.1, 0.15) is 25.7 Å². The van der Waals surface area contributed by atoms with Gasteiger partial charge in [-0.1, -0.05) is 0 Å². The van der Waals surface area contributed by atoms with E-state index in [0.29, 0.717) is 6.04 Å². The molecule has 3 rings (SSSR count). The summed E-state index contributed by atoms with van der Waals surface area (Å²) in [4.78, 5) is 2.65. The van der Waals surface area contributed by atoms with Crippen molar-refractivity contribution in [3.63, 3.8) is 0 Å². The van der Waals surface area contributed by atoms with E-state index in [0.717, 1.165) is 26.4 Å². The SMILES string of the molecule is COc1cc(NC2CCN3CCCC3C2)c(Br)cc1Br. The number of ether oxygens (including phenoxy) is 1. The molecule has 3 nitrogen and oxygen atoms in total. The van der Waals surface area contributed by atoms with Crippen molar-refractivity contribution in [3.8, 4) is 5.75 Å². The topological polar surface area (TPSA) is 24.5 Å². The molecule has 0 radical (unpaired) electrons. The third kappa shape index (κ3) is 3.00. The smallest absolute Gasteiger partial charge is 0.135 e. The Morgan fingerprint density at radius 1 is 1.20 bits per heavy atom. The van der Waals surface area contributed by atoms with Crippen LogP contribution in [0.25, 0.3) is 0 Å². The summed E-state index contributed by atoms with van der Waals surface area (Å²) in [6.45, 7) is 2.53. The van der Waals surface area contributed by atoms with E-state index >= 15 is 0 Å². The van der Waals surface area contributed by atoms with Crippen molar-refractivity contribution in [1.82, 2.24) is 4.90 Å². The summed E-state index contributed by atoms with van der Waals surface area (Å²) in [6, 6.07) is 5.47. The summed E-state index contributed by atoms with van der Waals surface area (Å²) in [5.74, 6) is 0.869. The minimum absolute atomic E-state index is 0.566. The third-order valence-corrected chi connectivity index (χ3v) is 5.70. The highest BCUT2D eigenvalue weighted by Crippen LogP contribution is 2.36. The number of halogens is 2. The molecule has 0 saturated carbocycles.